The van der Waals surface area contributed by atoms with Gasteiger partial charge in [-0.05, 0) is 24.6 Å². The Morgan fingerprint density at radius 1 is 1.44 bits per heavy atom. The topological polar surface area (TPSA) is 29.5 Å². The first-order valence-corrected chi connectivity index (χ1v) is 6.66. The van der Waals surface area contributed by atoms with Gasteiger partial charge in [-0.25, -0.2) is 0 Å². The van der Waals surface area contributed by atoms with E-state index in [9.17, 15) is 4.79 Å². The van der Waals surface area contributed by atoms with E-state index in [-0.39, 0.29) is 12.0 Å². The molecule has 0 spiro atoms. The predicted octanol–water partition coefficient (Wildman–Crippen LogP) is 2.91. The van der Waals surface area contributed by atoms with Gasteiger partial charge in [-0.3, -0.25) is 9.69 Å². The van der Waals surface area contributed by atoms with Crippen LogP contribution in [0.15, 0.2) is 24.3 Å². The molecule has 0 saturated carbocycles. The van der Waals surface area contributed by atoms with Gasteiger partial charge in [-0.2, -0.15) is 0 Å². The molecule has 0 radical (unpaired) electrons. The van der Waals surface area contributed by atoms with E-state index >= 15 is 0 Å². The molecule has 98 valence electrons. The molecule has 0 aliphatic carbocycles. The summed E-state index contributed by atoms with van der Waals surface area (Å²) in [4.78, 5) is 14.0. The molecule has 3 nitrogen and oxygen atoms in total. The zero-order valence-corrected chi connectivity index (χ0v) is 11.2. The van der Waals surface area contributed by atoms with Crippen molar-refractivity contribution in [1.29, 1.82) is 0 Å². The first-order valence-electron chi connectivity index (χ1n) is 6.66. The van der Waals surface area contributed by atoms with E-state index in [1.807, 2.05) is 6.07 Å². The average molecular weight is 247 g/mol. The second-order valence-electron chi connectivity index (χ2n) is 4.91. The van der Waals surface area contributed by atoms with Crippen LogP contribution in [0.5, 0.6) is 0 Å². The van der Waals surface area contributed by atoms with Gasteiger partial charge in [0.15, 0.2) is 0 Å². The summed E-state index contributed by atoms with van der Waals surface area (Å²) in [5, 5.41) is 0. The van der Waals surface area contributed by atoms with Crippen LogP contribution < -0.4 is 0 Å². The number of esters is 1. The third kappa shape index (κ3) is 2.91. The van der Waals surface area contributed by atoms with Gasteiger partial charge in [0.1, 0.15) is 0 Å². The van der Waals surface area contributed by atoms with Crippen LogP contribution in [0.2, 0.25) is 0 Å². The monoisotopic (exact) mass is 247 g/mol. The zero-order chi connectivity index (χ0) is 13.0. The molecule has 1 aliphatic rings. The third-order valence-corrected chi connectivity index (χ3v) is 3.49. The molecule has 3 heteroatoms. The van der Waals surface area contributed by atoms with Gasteiger partial charge >= 0.3 is 5.97 Å². The Labute approximate surface area is 109 Å². The quantitative estimate of drug-likeness (QED) is 0.592. The van der Waals surface area contributed by atoms with Crippen molar-refractivity contribution in [3.8, 4) is 0 Å². The number of benzene rings is 1. The molecule has 1 aromatic carbocycles. The van der Waals surface area contributed by atoms with Crippen LogP contribution in [0.1, 0.15) is 43.4 Å². The lowest BCUT2D eigenvalue weighted by Crippen LogP contribution is -2.21. The van der Waals surface area contributed by atoms with Crippen molar-refractivity contribution in [3.63, 3.8) is 0 Å². The maximum absolute atomic E-state index is 11.8. The molecular weight excluding hydrogens is 226 g/mol. The van der Waals surface area contributed by atoms with Gasteiger partial charge in [0.25, 0.3) is 0 Å². The molecule has 0 N–H and O–H groups in total. The molecule has 2 rings (SSSR count). The van der Waals surface area contributed by atoms with Crippen LogP contribution in [0.3, 0.4) is 0 Å². The van der Waals surface area contributed by atoms with Crippen LogP contribution in [0, 0.1) is 0 Å². The summed E-state index contributed by atoms with van der Waals surface area (Å²) in [5.41, 5.74) is 2.60. The van der Waals surface area contributed by atoms with Crippen LogP contribution in [0.25, 0.3) is 0 Å². The Bertz CT molecular complexity index is 417. The number of hydrogen-bond acceptors (Lipinski definition) is 3. The average Bonchev–Trinajstić information content (AvgIpc) is 2.67. The molecule has 0 amide bonds. The summed E-state index contributed by atoms with van der Waals surface area (Å²) in [6.45, 7) is 3.56. The molecule has 0 fully saturated rings. The van der Waals surface area contributed by atoms with Crippen molar-refractivity contribution in [1.82, 2.24) is 4.90 Å². The zero-order valence-electron chi connectivity index (χ0n) is 11.2. The summed E-state index contributed by atoms with van der Waals surface area (Å²) in [6, 6.07) is 8.51. The van der Waals surface area contributed by atoms with E-state index < -0.39 is 0 Å². The molecule has 0 saturated heterocycles. The van der Waals surface area contributed by atoms with Crippen molar-refractivity contribution in [2.45, 2.75) is 38.8 Å². The number of unbranched alkanes of at least 4 members (excludes halogenated alkanes) is 1. The minimum atomic E-state index is -0.0861. The van der Waals surface area contributed by atoms with E-state index in [1.54, 1.807) is 0 Å². The van der Waals surface area contributed by atoms with Crippen molar-refractivity contribution in [2.75, 3.05) is 13.7 Å². The highest BCUT2D eigenvalue weighted by Crippen LogP contribution is 2.34. The summed E-state index contributed by atoms with van der Waals surface area (Å²) in [7, 11) is 2.06. The van der Waals surface area contributed by atoms with Crippen molar-refractivity contribution >= 4 is 5.97 Å². The van der Waals surface area contributed by atoms with E-state index in [0.29, 0.717) is 13.0 Å². The van der Waals surface area contributed by atoms with E-state index in [4.69, 9.17) is 4.74 Å². The normalized spacial score (nSPS) is 18.7. The molecule has 1 heterocycles. The summed E-state index contributed by atoms with van der Waals surface area (Å²) in [6.07, 6.45) is 2.46. The number of fused-ring (bicyclic) bond motifs is 1. The Morgan fingerprint density at radius 3 is 3.00 bits per heavy atom. The van der Waals surface area contributed by atoms with Crippen molar-refractivity contribution < 1.29 is 9.53 Å². The lowest BCUT2D eigenvalue weighted by molar-refractivity contribution is -0.145. The predicted molar refractivity (Wildman–Crippen MR) is 71.1 cm³/mol. The largest absolute Gasteiger partial charge is 0.466 e. The van der Waals surface area contributed by atoms with Gasteiger partial charge in [0.05, 0.1) is 13.0 Å². The first-order chi connectivity index (χ1) is 8.72. The minimum absolute atomic E-state index is 0.0861. The summed E-state index contributed by atoms with van der Waals surface area (Å²) < 4.78 is 5.24. The van der Waals surface area contributed by atoms with E-state index in [1.165, 1.54) is 11.1 Å². The van der Waals surface area contributed by atoms with Crippen LogP contribution in [0.4, 0.5) is 0 Å². The Kier molecular flexibility index (Phi) is 4.37. The molecule has 0 aromatic heterocycles. The number of rotatable bonds is 5. The van der Waals surface area contributed by atoms with E-state index in [2.05, 4.69) is 37.1 Å². The molecule has 18 heavy (non-hydrogen) atoms. The van der Waals surface area contributed by atoms with Gasteiger partial charge in [0.2, 0.25) is 0 Å². The highest BCUT2D eigenvalue weighted by atomic mass is 16.5. The van der Waals surface area contributed by atoms with Crippen LogP contribution >= 0.6 is 0 Å². The Balaban J connectivity index is 1.95. The second kappa shape index (κ2) is 6.01. The number of ether oxygens (including phenoxy) is 1. The lowest BCUT2D eigenvalue weighted by Gasteiger charge is -2.19. The number of carbonyl (C=O) groups is 1. The molecular formula is C15H21NO2. The van der Waals surface area contributed by atoms with Crippen LogP contribution in [-0.2, 0) is 16.1 Å². The molecule has 0 bridgehead atoms. The van der Waals surface area contributed by atoms with Gasteiger partial charge in [-0.1, -0.05) is 37.6 Å². The van der Waals surface area contributed by atoms with Gasteiger partial charge in [0, 0.05) is 12.6 Å². The van der Waals surface area contributed by atoms with Gasteiger partial charge in [-0.15, -0.1) is 0 Å². The Morgan fingerprint density at radius 2 is 2.22 bits per heavy atom. The molecule has 1 unspecified atom stereocenters. The number of carbonyl (C=O) groups excluding carboxylic acids is 1. The highest BCUT2D eigenvalue weighted by molar-refractivity contribution is 5.70. The fraction of sp³-hybridized carbons (Fsp3) is 0.533. The van der Waals surface area contributed by atoms with Crippen LogP contribution in [-0.4, -0.2) is 24.5 Å². The lowest BCUT2D eigenvalue weighted by atomic mass is 10.0. The smallest absolute Gasteiger partial charge is 0.307 e. The standard InChI is InChI=1S/C15H21NO2/c1-3-4-9-18-15(17)10-14-13-8-6-5-7-12(13)11-16(14)2/h5-8,14H,3-4,9-11H2,1-2H3. The molecule has 1 atom stereocenters. The second-order valence-corrected chi connectivity index (χ2v) is 4.91. The highest BCUT2D eigenvalue weighted by Gasteiger charge is 2.29. The SMILES string of the molecule is CCCCOC(=O)CC1c2ccccc2CN1C. The van der Waals surface area contributed by atoms with Gasteiger partial charge < -0.3 is 4.74 Å². The first kappa shape index (κ1) is 13.1. The minimum Gasteiger partial charge on any atom is -0.466 e. The maximum Gasteiger partial charge on any atom is 0.307 e. The summed E-state index contributed by atoms with van der Waals surface area (Å²) in [5.74, 6) is -0.0861. The number of nitrogens with zero attached hydrogens (tertiary/aromatic N) is 1. The maximum atomic E-state index is 11.8. The fourth-order valence-corrected chi connectivity index (χ4v) is 2.43. The van der Waals surface area contributed by atoms with Crippen molar-refractivity contribution in [2.24, 2.45) is 0 Å². The Hall–Kier alpha value is -1.35. The fourth-order valence-electron chi connectivity index (χ4n) is 2.43. The molecule has 1 aromatic rings. The summed E-state index contributed by atoms with van der Waals surface area (Å²) >= 11 is 0. The third-order valence-electron chi connectivity index (χ3n) is 3.49. The molecule has 1 aliphatic heterocycles. The van der Waals surface area contributed by atoms with E-state index in [0.717, 1.165) is 19.4 Å². The number of hydrogen-bond donors (Lipinski definition) is 0. The van der Waals surface area contributed by atoms with Crippen molar-refractivity contribution in [3.05, 3.63) is 35.4 Å².